The lowest BCUT2D eigenvalue weighted by molar-refractivity contribution is -0.193. The molecular weight excluding hydrogens is 553 g/mol. The first kappa shape index (κ1) is 28.9. The Morgan fingerprint density at radius 3 is 2.38 bits per heavy atom. The van der Waals surface area contributed by atoms with E-state index in [2.05, 4.69) is 15.4 Å². The fourth-order valence-corrected chi connectivity index (χ4v) is 7.20. The predicted molar refractivity (Wildman–Crippen MR) is 136 cm³/mol. The molecule has 14 heteroatoms. The molecule has 0 radical (unpaired) electrons. The normalized spacial score (nSPS) is 32.6. The van der Waals surface area contributed by atoms with Crippen molar-refractivity contribution in [3.05, 3.63) is 12.2 Å². The largest absolute Gasteiger partial charge is 0.403 e. The fourth-order valence-electron chi connectivity index (χ4n) is 5.84. The van der Waals surface area contributed by atoms with Gasteiger partial charge in [0.05, 0.1) is 5.25 Å². The number of fused-ring (bicyclic) bond motifs is 2. The van der Waals surface area contributed by atoms with Crippen LogP contribution in [0.2, 0.25) is 0 Å². The number of alkyl halides is 3. The Labute approximate surface area is 230 Å². The molecule has 0 bridgehead atoms. The maximum absolute atomic E-state index is 13.6. The summed E-state index contributed by atoms with van der Waals surface area (Å²) in [6, 6.07) is -2.21. The van der Waals surface area contributed by atoms with Gasteiger partial charge in [-0.3, -0.25) is 23.9 Å². The van der Waals surface area contributed by atoms with Gasteiger partial charge in [-0.25, -0.2) is 8.42 Å². The van der Waals surface area contributed by atoms with Gasteiger partial charge in [-0.15, -0.1) is 0 Å². The molecule has 4 fully saturated rings. The first-order valence-corrected chi connectivity index (χ1v) is 15.6. The molecule has 0 aromatic carbocycles. The summed E-state index contributed by atoms with van der Waals surface area (Å²) >= 11 is 0. The van der Waals surface area contributed by atoms with Gasteiger partial charge in [0.25, 0.3) is 5.91 Å². The minimum Gasteiger partial charge on any atom is -0.344 e. The molecule has 2 heterocycles. The standard InChI is InChI=1S/C26H35F3N4O6S/c27-26(28,29)24(12-13-24)22(36)30-18-8-5-3-1-2-4-7-16-15-25(16,23(37)32-40(38,39)17-10-11-17)31-20(34)19-9-6-14-33(19)21(18)35/h4,7,16-19H,1-3,5-6,8-15H2,(H,30,36)(H,31,34)(H,32,37). The van der Waals surface area contributed by atoms with E-state index >= 15 is 0 Å². The molecule has 2 aliphatic heterocycles. The Balaban J connectivity index is 1.36. The van der Waals surface area contributed by atoms with Crippen molar-refractivity contribution in [2.24, 2.45) is 11.3 Å². The highest BCUT2D eigenvalue weighted by atomic mass is 32.2. The number of hydrogen-bond donors (Lipinski definition) is 3. The average molecular weight is 589 g/mol. The Morgan fingerprint density at radius 1 is 1.00 bits per heavy atom. The fraction of sp³-hybridized carbons (Fsp3) is 0.769. The van der Waals surface area contributed by atoms with Crippen LogP contribution in [0, 0.1) is 11.3 Å². The van der Waals surface area contributed by atoms with Crippen LogP contribution in [0.3, 0.4) is 0 Å². The van der Waals surface area contributed by atoms with E-state index in [1.165, 1.54) is 4.90 Å². The number of nitrogens with zero attached hydrogens (tertiary/aromatic N) is 1. The minimum atomic E-state index is -4.72. The summed E-state index contributed by atoms with van der Waals surface area (Å²) < 4.78 is 67.7. The van der Waals surface area contributed by atoms with E-state index in [0.717, 1.165) is 0 Å². The number of sulfonamides is 1. The molecule has 40 heavy (non-hydrogen) atoms. The van der Waals surface area contributed by atoms with Crippen LogP contribution in [0.15, 0.2) is 12.2 Å². The van der Waals surface area contributed by atoms with Crippen molar-refractivity contribution in [3.8, 4) is 0 Å². The highest BCUT2D eigenvalue weighted by Crippen LogP contribution is 2.57. The molecule has 5 aliphatic rings. The van der Waals surface area contributed by atoms with Crippen LogP contribution in [-0.4, -0.2) is 72.5 Å². The van der Waals surface area contributed by atoms with Gasteiger partial charge in [-0.05, 0) is 64.2 Å². The topological polar surface area (TPSA) is 142 Å². The van der Waals surface area contributed by atoms with Gasteiger partial charge in [0.1, 0.15) is 23.0 Å². The predicted octanol–water partition coefficient (Wildman–Crippen LogP) is 1.81. The van der Waals surface area contributed by atoms with Gasteiger partial charge in [0, 0.05) is 12.5 Å². The number of carbonyl (C=O) groups is 4. The highest BCUT2D eigenvalue weighted by Gasteiger charge is 2.69. The van der Waals surface area contributed by atoms with Crippen LogP contribution in [0.4, 0.5) is 13.2 Å². The molecule has 5 rings (SSSR count). The molecule has 4 amide bonds. The molecule has 0 aromatic rings. The molecular formula is C26H35F3N4O6S. The van der Waals surface area contributed by atoms with Gasteiger partial charge in [0.15, 0.2) is 0 Å². The number of allylic oxidation sites excluding steroid dienone is 1. The van der Waals surface area contributed by atoms with Gasteiger partial charge >= 0.3 is 6.18 Å². The van der Waals surface area contributed by atoms with Crippen molar-refractivity contribution in [2.45, 2.75) is 106 Å². The number of rotatable bonds is 5. The zero-order valence-electron chi connectivity index (χ0n) is 22.1. The molecule has 1 saturated heterocycles. The Hall–Kier alpha value is -2.64. The maximum atomic E-state index is 13.6. The Bertz CT molecular complexity index is 1210. The third-order valence-corrected chi connectivity index (χ3v) is 10.7. The lowest BCUT2D eigenvalue weighted by Crippen LogP contribution is -2.59. The van der Waals surface area contributed by atoms with Crippen LogP contribution < -0.4 is 15.4 Å². The number of amides is 4. The molecule has 3 N–H and O–H groups in total. The van der Waals surface area contributed by atoms with Crippen molar-refractivity contribution < 1.29 is 40.8 Å². The zero-order chi connectivity index (χ0) is 28.9. The van der Waals surface area contributed by atoms with Crippen LogP contribution >= 0.6 is 0 Å². The lowest BCUT2D eigenvalue weighted by atomic mass is 10.0. The van der Waals surface area contributed by atoms with E-state index in [4.69, 9.17) is 0 Å². The summed E-state index contributed by atoms with van der Waals surface area (Å²) in [5.41, 5.74) is -3.94. The first-order chi connectivity index (χ1) is 18.8. The smallest absolute Gasteiger partial charge is 0.344 e. The molecule has 4 atom stereocenters. The van der Waals surface area contributed by atoms with Gasteiger partial charge in [0.2, 0.25) is 27.7 Å². The molecule has 10 nitrogen and oxygen atoms in total. The molecule has 3 aliphatic carbocycles. The summed E-state index contributed by atoms with van der Waals surface area (Å²) in [6.45, 7) is 0.173. The molecule has 3 saturated carbocycles. The van der Waals surface area contributed by atoms with E-state index in [0.29, 0.717) is 44.9 Å². The summed E-state index contributed by atoms with van der Waals surface area (Å²) in [5.74, 6) is -3.69. The van der Waals surface area contributed by atoms with E-state index in [9.17, 15) is 40.8 Å². The zero-order valence-corrected chi connectivity index (χ0v) is 22.9. The van der Waals surface area contributed by atoms with Gasteiger partial charge < -0.3 is 15.5 Å². The summed E-state index contributed by atoms with van der Waals surface area (Å²) in [4.78, 5) is 54.3. The van der Waals surface area contributed by atoms with E-state index in [1.54, 1.807) is 6.08 Å². The second kappa shape index (κ2) is 10.3. The second-order valence-electron chi connectivity index (χ2n) is 11.8. The average Bonchev–Trinajstić information content (AvgIpc) is 3.76. The van der Waals surface area contributed by atoms with Gasteiger partial charge in [-0.1, -0.05) is 25.0 Å². The van der Waals surface area contributed by atoms with Crippen molar-refractivity contribution in [1.29, 1.82) is 0 Å². The monoisotopic (exact) mass is 588 g/mol. The second-order valence-corrected chi connectivity index (χ2v) is 13.8. The lowest BCUT2D eigenvalue weighted by Gasteiger charge is -2.31. The van der Waals surface area contributed by atoms with E-state index in [1.807, 2.05) is 6.08 Å². The summed E-state index contributed by atoms with van der Waals surface area (Å²) in [7, 11) is -3.85. The number of halogens is 3. The summed E-state index contributed by atoms with van der Waals surface area (Å²) in [5, 5.41) is 4.46. The van der Waals surface area contributed by atoms with Gasteiger partial charge in [-0.2, -0.15) is 13.2 Å². The van der Waals surface area contributed by atoms with Crippen molar-refractivity contribution in [3.63, 3.8) is 0 Å². The van der Waals surface area contributed by atoms with E-state index in [-0.39, 0.29) is 38.6 Å². The summed E-state index contributed by atoms with van der Waals surface area (Å²) in [6.07, 6.45) is 2.77. The molecule has 222 valence electrons. The Kier molecular flexibility index (Phi) is 7.45. The van der Waals surface area contributed by atoms with Crippen molar-refractivity contribution in [1.82, 2.24) is 20.3 Å². The van der Waals surface area contributed by atoms with Crippen LogP contribution in [-0.2, 0) is 29.2 Å². The maximum Gasteiger partial charge on any atom is 0.403 e. The minimum absolute atomic E-state index is 0.140. The quantitative estimate of drug-likeness (QED) is 0.419. The number of nitrogens with one attached hydrogen (secondary N) is 3. The molecule has 0 spiro atoms. The van der Waals surface area contributed by atoms with E-state index < -0.39 is 74.0 Å². The van der Waals surface area contributed by atoms with Crippen molar-refractivity contribution >= 4 is 33.7 Å². The van der Waals surface area contributed by atoms with Crippen molar-refractivity contribution in [2.75, 3.05) is 6.54 Å². The third kappa shape index (κ3) is 5.47. The van der Waals surface area contributed by atoms with Crippen LogP contribution in [0.1, 0.15) is 77.0 Å². The number of hydrogen-bond acceptors (Lipinski definition) is 6. The highest BCUT2D eigenvalue weighted by molar-refractivity contribution is 7.91. The SMILES string of the molecule is O=C1NC2(C(=O)NS(=O)(=O)C3CC3)CC2C=CCCCCCC(NC(=O)C2(C(F)(F)F)CC2)C(=O)N2CCCC12. The Morgan fingerprint density at radius 2 is 1.73 bits per heavy atom. The third-order valence-electron chi connectivity index (χ3n) is 8.87. The first-order valence-electron chi connectivity index (χ1n) is 14.0. The van der Waals surface area contributed by atoms with Crippen LogP contribution in [0.25, 0.3) is 0 Å². The molecule has 4 unspecified atom stereocenters. The number of carbonyl (C=O) groups excluding carboxylic acids is 4. The molecule has 0 aromatic heterocycles. The van der Waals surface area contributed by atoms with Crippen LogP contribution in [0.5, 0.6) is 0 Å².